The topological polar surface area (TPSA) is 61.6 Å². The number of ether oxygens (including phenoxy) is 2. The fraction of sp³-hybridized carbons (Fsp3) is 0.222. The number of hydrogen-bond donors (Lipinski definition) is 0. The van der Waals surface area contributed by atoms with Gasteiger partial charge < -0.3 is 9.47 Å². The van der Waals surface area contributed by atoms with Crippen LogP contribution in [-0.4, -0.2) is 12.0 Å². The number of hydrogen-bond acceptors (Lipinski definition) is 4. The van der Waals surface area contributed by atoms with Crippen LogP contribution in [-0.2, 0) is 6.61 Å². The summed E-state index contributed by atoms with van der Waals surface area (Å²) in [6.07, 6.45) is 1.36. The second kappa shape index (κ2) is 8.10. The molecular weight excluding hydrogens is 313 g/mol. The fourth-order valence-electron chi connectivity index (χ4n) is 2.16. The van der Waals surface area contributed by atoms with Crippen LogP contribution in [0.15, 0.2) is 48.2 Å². The zero-order chi connectivity index (χ0) is 17.5. The van der Waals surface area contributed by atoms with Gasteiger partial charge in [0.05, 0.1) is 17.6 Å². The Balaban J connectivity index is 2.34. The van der Waals surface area contributed by atoms with Gasteiger partial charge in [-0.2, -0.15) is 0 Å². The molecule has 0 aromatic heterocycles. The Morgan fingerprint density at radius 1 is 1.21 bits per heavy atom. The van der Waals surface area contributed by atoms with Crippen LogP contribution in [0.25, 0.3) is 6.08 Å². The number of nitrogens with zero attached hydrogens (tertiary/aromatic N) is 1. The summed E-state index contributed by atoms with van der Waals surface area (Å²) < 4.78 is 25.3. The molecule has 0 radical (unpaired) electrons. The van der Waals surface area contributed by atoms with Crippen molar-refractivity contribution in [2.45, 2.75) is 20.0 Å². The molecule has 0 aliphatic carbocycles. The SMILES string of the molecule is CC/C(=C\c1c(OC)ccc(OCc2ccccc2)c1F)[N+](=O)[O-]. The minimum atomic E-state index is -0.682. The van der Waals surface area contributed by atoms with E-state index in [1.807, 2.05) is 30.3 Å². The summed E-state index contributed by atoms with van der Waals surface area (Å²) >= 11 is 0. The molecule has 0 N–H and O–H groups in total. The lowest BCUT2D eigenvalue weighted by Crippen LogP contribution is -2.02. The van der Waals surface area contributed by atoms with Crippen molar-refractivity contribution < 1.29 is 18.8 Å². The van der Waals surface area contributed by atoms with E-state index in [4.69, 9.17) is 9.47 Å². The number of halogens is 1. The summed E-state index contributed by atoms with van der Waals surface area (Å²) in [7, 11) is 1.38. The van der Waals surface area contributed by atoms with Gasteiger partial charge in [-0.15, -0.1) is 0 Å². The molecule has 0 amide bonds. The molecule has 0 saturated carbocycles. The molecular formula is C18H18FNO4. The lowest BCUT2D eigenvalue weighted by Gasteiger charge is -2.12. The van der Waals surface area contributed by atoms with Crippen molar-refractivity contribution in [3.8, 4) is 11.5 Å². The number of nitro groups is 1. The van der Waals surface area contributed by atoms with Gasteiger partial charge in [-0.25, -0.2) is 4.39 Å². The lowest BCUT2D eigenvalue weighted by molar-refractivity contribution is -0.425. The molecule has 0 unspecified atom stereocenters. The standard InChI is InChI=1S/C18H18FNO4/c1-3-14(20(21)22)11-15-16(23-2)9-10-17(18(15)19)24-12-13-7-5-4-6-8-13/h4-11H,3,12H2,1-2H3/b14-11+. The number of methoxy groups -OCH3 is 1. The lowest BCUT2D eigenvalue weighted by atomic mass is 10.1. The molecule has 0 aliphatic heterocycles. The van der Waals surface area contributed by atoms with Crippen LogP contribution in [0, 0.1) is 15.9 Å². The van der Waals surface area contributed by atoms with Gasteiger partial charge in [0.25, 0.3) is 0 Å². The van der Waals surface area contributed by atoms with Crippen LogP contribution in [0.3, 0.4) is 0 Å². The predicted octanol–water partition coefficient (Wildman–Crippen LogP) is 4.44. The van der Waals surface area contributed by atoms with Crippen LogP contribution in [0.1, 0.15) is 24.5 Å². The van der Waals surface area contributed by atoms with Crippen LogP contribution in [0.2, 0.25) is 0 Å². The zero-order valence-corrected chi connectivity index (χ0v) is 13.5. The van der Waals surface area contributed by atoms with Crippen LogP contribution in [0.5, 0.6) is 11.5 Å². The van der Waals surface area contributed by atoms with Crippen molar-refractivity contribution >= 4 is 6.08 Å². The molecule has 24 heavy (non-hydrogen) atoms. The first-order valence-electron chi connectivity index (χ1n) is 7.45. The van der Waals surface area contributed by atoms with Crippen molar-refractivity contribution in [3.05, 3.63) is 75.2 Å². The highest BCUT2D eigenvalue weighted by Crippen LogP contribution is 2.31. The Morgan fingerprint density at radius 2 is 1.88 bits per heavy atom. The smallest absolute Gasteiger partial charge is 0.246 e. The van der Waals surface area contributed by atoms with Gasteiger partial charge in [-0.05, 0) is 17.7 Å². The maximum absolute atomic E-state index is 14.7. The van der Waals surface area contributed by atoms with E-state index in [0.29, 0.717) is 0 Å². The highest BCUT2D eigenvalue weighted by Gasteiger charge is 2.17. The summed E-state index contributed by atoms with van der Waals surface area (Å²) in [5, 5.41) is 11.0. The van der Waals surface area contributed by atoms with E-state index in [1.54, 1.807) is 6.92 Å². The van der Waals surface area contributed by atoms with E-state index in [1.165, 1.54) is 25.3 Å². The molecule has 2 aromatic rings. The zero-order valence-electron chi connectivity index (χ0n) is 13.5. The third kappa shape index (κ3) is 4.10. The predicted molar refractivity (Wildman–Crippen MR) is 89.0 cm³/mol. The average molecular weight is 331 g/mol. The molecule has 126 valence electrons. The number of benzene rings is 2. The molecule has 0 bridgehead atoms. The van der Waals surface area contributed by atoms with Gasteiger partial charge in [0, 0.05) is 12.5 Å². The van der Waals surface area contributed by atoms with Crippen molar-refractivity contribution in [1.29, 1.82) is 0 Å². The second-order valence-electron chi connectivity index (χ2n) is 5.01. The van der Waals surface area contributed by atoms with Crippen molar-refractivity contribution in [1.82, 2.24) is 0 Å². The number of allylic oxidation sites excluding steroid dienone is 1. The summed E-state index contributed by atoms with van der Waals surface area (Å²) in [4.78, 5) is 10.5. The molecule has 5 nitrogen and oxygen atoms in total. The molecule has 6 heteroatoms. The second-order valence-corrected chi connectivity index (χ2v) is 5.01. The van der Waals surface area contributed by atoms with Crippen molar-refractivity contribution in [2.24, 2.45) is 0 Å². The maximum Gasteiger partial charge on any atom is 0.246 e. The normalized spacial score (nSPS) is 11.2. The minimum absolute atomic E-state index is 0.0108. The highest BCUT2D eigenvalue weighted by molar-refractivity contribution is 5.61. The van der Waals surface area contributed by atoms with Gasteiger partial charge >= 0.3 is 0 Å². The van der Waals surface area contributed by atoms with Crippen molar-refractivity contribution in [3.63, 3.8) is 0 Å². The quantitative estimate of drug-likeness (QED) is 0.556. The third-order valence-electron chi connectivity index (χ3n) is 3.47. The first-order chi connectivity index (χ1) is 11.6. The largest absolute Gasteiger partial charge is 0.496 e. The first-order valence-corrected chi connectivity index (χ1v) is 7.45. The molecule has 0 heterocycles. The maximum atomic E-state index is 14.7. The third-order valence-corrected chi connectivity index (χ3v) is 3.47. The van der Waals surface area contributed by atoms with Gasteiger partial charge in [-0.3, -0.25) is 10.1 Å². The summed E-state index contributed by atoms with van der Waals surface area (Å²) in [6, 6.07) is 12.3. The summed E-state index contributed by atoms with van der Waals surface area (Å²) in [5.74, 6) is -0.449. The van der Waals surface area contributed by atoms with E-state index in [-0.39, 0.29) is 35.8 Å². The molecule has 0 atom stereocenters. The van der Waals surface area contributed by atoms with E-state index in [0.717, 1.165) is 5.56 Å². The van der Waals surface area contributed by atoms with E-state index >= 15 is 0 Å². The van der Waals surface area contributed by atoms with Crippen LogP contribution >= 0.6 is 0 Å². The Labute approximate surface area is 139 Å². The molecule has 2 aromatic carbocycles. The first kappa shape index (κ1) is 17.5. The monoisotopic (exact) mass is 331 g/mol. The van der Waals surface area contributed by atoms with Gasteiger partial charge in [0.2, 0.25) is 5.70 Å². The van der Waals surface area contributed by atoms with Crippen LogP contribution < -0.4 is 9.47 Å². The van der Waals surface area contributed by atoms with E-state index in [9.17, 15) is 14.5 Å². The van der Waals surface area contributed by atoms with E-state index in [2.05, 4.69) is 0 Å². The Hall–Kier alpha value is -2.89. The van der Waals surface area contributed by atoms with Crippen molar-refractivity contribution in [2.75, 3.05) is 7.11 Å². The minimum Gasteiger partial charge on any atom is -0.496 e. The molecule has 0 spiro atoms. The van der Waals surface area contributed by atoms with Gasteiger partial charge in [0.15, 0.2) is 11.6 Å². The number of rotatable bonds is 7. The molecule has 0 aliphatic rings. The summed E-state index contributed by atoms with van der Waals surface area (Å²) in [6.45, 7) is 1.83. The molecule has 0 fully saturated rings. The fourth-order valence-corrected chi connectivity index (χ4v) is 2.16. The average Bonchev–Trinajstić information content (AvgIpc) is 2.60. The molecule has 0 saturated heterocycles. The van der Waals surface area contributed by atoms with Crippen LogP contribution in [0.4, 0.5) is 4.39 Å². The van der Waals surface area contributed by atoms with E-state index < -0.39 is 10.7 Å². The Bertz CT molecular complexity index is 744. The molecule has 2 rings (SSSR count). The van der Waals surface area contributed by atoms with Gasteiger partial charge in [0.1, 0.15) is 12.4 Å². The Morgan fingerprint density at radius 3 is 2.46 bits per heavy atom. The summed E-state index contributed by atoms with van der Waals surface area (Å²) in [5.41, 5.74) is 0.799. The Kier molecular flexibility index (Phi) is 5.89. The van der Waals surface area contributed by atoms with Gasteiger partial charge in [-0.1, -0.05) is 37.3 Å². The highest BCUT2D eigenvalue weighted by atomic mass is 19.1.